The minimum absolute atomic E-state index is 0.155. The van der Waals surface area contributed by atoms with Crippen LogP contribution >= 0.6 is 0 Å². The van der Waals surface area contributed by atoms with Crippen LogP contribution in [-0.2, 0) is 4.79 Å². The Morgan fingerprint density at radius 2 is 1.95 bits per heavy atom. The molecule has 4 heteroatoms. The first-order chi connectivity index (χ1) is 9.85. The maximum Gasteiger partial charge on any atom is 0.244 e. The first kappa shape index (κ1) is 17.5. The van der Waals surface area contributed by atoms with Gasteiger partial charge in [-0.15, -0.1) is 0 Å². The number of carbonyl (C=O) groups excluding carboxylic acids is 1. The van der Waals surface area contributed by atoms with Crippen LogP contribution in [0.4, 0.5) is 5.69 Å². The molecule has 1 aromatic carbocycles. The van der Waals surface area contributed by atoms with Gasteiger partial charge >= 0.3 is 0 Å². The molecule has 0 bridgehead atoms. The fourth-order valence-corrected chi connectivity index (χ4v) is 1.95. The molecule has 0 aliphatic rings. The predicted octanol–water partition coefficient (Wildman–Crippen LogP) is 3.57. The molecule has 1 unspecified atom stereocenters. The van der Waals surface area contributed by atoms with E-state index in [1.165, 1.54) is 0 Å². The van der Waals surface area contributed by atoms with Crippen molar-refractivity contribution in [3.8, 4) is 5.75 Å². The smallest absolute Gasteiger partial charge is 0.244 e. The van der Waals surface area contributed by atoms with Gasteiger partial charge in [0.1, 0.15) is 5.75 Å². The van der Waals surface area contributed by atoms with E-state index < -0.39 is 5.54 Å². The number of hydrogen-bond donors (Lipinski definition) is 2. The summed E-state index contributed by atoms with van der Waals surface area (Å²) in [6, 6.07) is 7.41. The van der Waals surface area contributed by atoms with Gasteiger partial charge in [0.15, 0.2) is 0 Å². The summed E-state index contributed by atoms with van der Waals surface area (Å²) in [6.07, 6.45) is 2.57. The van der Waals surface area contributed by atoms with Crippen molar-refractivity contribution >= 4 is 11.6 Å². The molecule has 1 atom stereocenters. The molecule has 21 heavy (non-hydrogen) atoms. The van der Waals surface area contributed by atoms with E-state index in [2.05, 4.69) is 19.2 Å². The first-order valence-corrected chi connectivity index (χ1v) is 7.68. The van der Waals surface area contributed by atoms with Gasteiger partial charge in [-0.05, 0) is 49.9 Å². The van der Waals surface area contributed by atoms with Gasteiger partial charge in [-0.3, -0.25) is 4.79 Å². The number of nitrogens with two attached hydrogens (primary N) is 1. The van der Waals surface area contributed by atoms with Crippen LogP contribution in [-0.4, -0.2) is 18.1 Å². The van der Waals surface area contributed by atoms with Gasteiger partial charge < -0.3 is 15.8 Å². The Balaban J connectivity index is 2.52. The van der Waals surface area contributed by atoms with Crippen LogP contribution in [0.5, 0.6) is 5.75 Å². The van der Waals surface area contributed by atoms with Gasteiger partial charge in [-0.2, -0.15) is 0 Å². The summed E-state index contributed by atoms with van der Waals surface area (Å²) in [6.45, 7) is 8.82. The number of anilines is 1. The van der Waals surface area contributed by atoms with Gasteiger partial charge in [0.2, 0.25) is 5.91 Å². The van der Waals surface area contributed by atoms with Crippen LogP contribution in [0.2, 0.25) is 0 Å². The summed E-state index contributed by atoms with van der Waals surface area (Å²) >= 11 is 0. The quantitative estimate of drug-likeness (QED) is 0.770. The molecule has 4 nitrogen and oxygen atoms in total. The van der Waals surface area contributed by atoms with Crippen LogP contribution in [0, 0.1) is 5.92 Å². The standard InChI is InChI=1S/C17H28N2O2/c1-5-11-17(4,18)16(20)19-14-6-8-15(9-7-14)21-12-10-13(2)3/h6-9,13H,5,10-12,18H2,1-4H3,(H,19,20). The van der Waals surface area contributed by atoms with E-state index in [-0.39, 0.29) is 5.91 Å². The molecule has 1 rings (SSSR count). The topological polar surface area (TPSA) is 64.4 Å². The molecule has 1 aromatic rings. The Morgan fingerprint density at radius 3 is 2.48 bits per heavy atom. The highest BCUT2D eigenvalue weighted by Crippen LogP contribution is 2.18. The lowest BCUT2D eigenvalue weighted by Gasteiger charge is -2.22. The van der Waals surface area contributed by atoms with E-state index in [0.717, 1.165) is 24.3 Å². The third-order valence-corrected chi connectivity index (χ3v) is 3.36. The molecular weight excluding hydrogens is 264 g/mol. The van der Waals surface area contributed by atoms with Gasteiger partial charge in [0, 0.05) is 5.69 Å². The highest BCUT2D eigenvalue weighted by atomic mass is 16.5. The van der Waals surface area contributed by atoms with E-state index >= 15 is 0 Å². The zero-order valence-electron chi connectivity index (χ0n) is 13.6. The second-order valence-electron chi connectivity index (χ2n) is 6.18. The van der Waals surface area contributed by atoms with Crippen molar-refractivity contribution < 1.29 is 9.53 Å². The van der Waals surface area contributed by atoms with Crippen molar-refractivity contribution in [3.63, 3.8) is 0 Å². The Morgan fingerprint density at radius 1 is 1.33 bits per heavy atom. The number of amides is 1. The minimum atomic E-state index is -0.832. The maximum absolute atomic E-state index is 12.1. The summed E-state index contributed by atoms with van der Waals surface area (Å²) in [5, 5.41) is 2.85. The number of ether oxygens (including phenoxy) is 1. The predicted molar refractivity (Wildman–Crippen MR) is 87.5 cm³/mol. The third kappa shape index (κ3) is 6.17. The van der Waals surface area contributed by atoms with Crippen molar-refractivity contribution in [3.05, 3.63) is 24.3 Å². The average molecular weight is 292 g/mol. The van der Waals surface area contributed by atoms with Crippen molar-refractivity contribution in [1.82, 2.24) is 0 Å². The summed E-state index contributed by atoms with van der Waals surface area (Å²) in [5.41, 5.74) is 5.91. The maximum atomic E-state index is 12.1. The lowest BCUT2D eigenvalue weighted by Crippen LogP contribution is -2.48. The van der Waals surface area contributed by atoms with Gasteiger partial charge in [-0.25, -0.2) is 0 Å². The third-order valence-electron chi connectivity index (χ3n) is 3.36. The summed E-state index contributed by atoms with van der Waals surface area (Å²) in [4.78, 5) is 12.1. The van der Waals surface area contributed by atoms with Gasteiger partial charge in [0.05, 0.1) is 12.1 Å². The van der Waals surface area contributed by atoms with Crippen LogP contribution in [0.1, 0.15) is 47.0 Å². The van der Waals surface area contributed by atoms with Gasteiger partial charge in [-0.1, -0.05) is 27.2 Å². The monoisotopic (exact) mass is 292 g/mol. The van der Waals surface area contributed by atoms with E-state index in [9.17, 15) is 4.79 Å². The fourth-order valence-electron chi connectivity index (χ4n) is 1.95. The lowest BCUT2D eigenvalue weighted by molar-refractivity contribution is -0.120. The van der Waals surface area contributed by atoms with Crippen LogP contribution in [0.25, 0.3) is 0 Å². The summed E-state index contributed by atoms with van der Waals surface area (Å²) in [5.74, 6) is 1.29. The van der Waals surface area contributed by atoms with Crippen LogP contribution in [0.15, 0.2) is 24.3 Å². The number of carbonyl (C=O) groups is 1. The zero-order valence-corrected chi connectivity index (χ0v) is 13.6. The Bertz CT molecular complexity index is 439. The average Bonchev–Trinajstić information content (AvgIpc) is 2.40. The Labute approximate surface area is 128 Å². The zero-order chi connectivity index (χ0) is 15.9. The molecule has 0 heterocycles. The normalized spacial score (nSPS) is 13.8. The Kier molecular flexibility index (Phi) is 6.69. The molecule has 0 radical (unpaired) electrons. The number of rotatable bonds is 8. The number of nitrogens with one attached hydrogen (secondary N) is 1. The molecule has 3 N–H and O–H groups in total. The molecule has 0 aliphatic heterocycles. The fraction of sp³-hybridized carbons (Fsp3) is 0.588. The molecule has 0 saturated carbocycles. The molecule has 0 aliphatic carbocycles. The summed E-state index contributed by atoms with van der Waals surface area (Å²) < 4.78 is 5.65. The summed E-state index contributed by atoms with van der Waals surface area (Å²) in [7, 11) is 0. The van der Waals surface area contributed by atoms with Crippen LogP contribution in [0.3, 0.4) is 0 Å². The Hall–Kier alpha value is -1.55. The second-order valence-corrected chi connectivity index (χ2v) is 6.18. The molecule has 0 fully saturated rings. The highest BCUT2D eigenvalue weighted by molar-refractivity contribution is 5.97. The second kappa shape index (κ2) is 8.03. The SMILES string of the molecule is CCCC(C)(N)C(=O)Nc1ccc(OCCC(C)C)cc1. The molecule has 0 saturated heterocycles. The molecular formula is C17H28N2O2. The number of hydrogen-bond acceptors (Lipinski definition) is 3. The van der Waals surface area contributed by atoms with Crippen LogP contribution < -0.4 is 15.8 Å². The first-order valence-electron chi connectivity index (χ1n) is 7.68. The molecule has 118 valence electrons. The van der Waals surface area contributed by atoms with E-state index in [0.29, 0.717) is 18.9 Å². The highest BCUT2D eigenvalue weighted by Gasteiger charge is 2.27. The lowest BCUT2D eigenvalue weighted by atomic mass is 9.96. The molecule has 0 spiro atoms. The number of benzene rings is 1. The van der Waals surface area contributed by atoms with E-state index in [1.807, 2.05) is 31.2 Å². The van der Waals surface area contributed by atoms with Crippen molar-refractivity contribution in [1.29, 1.82) is 0 Å². The van der Waals surface area contributed by atoms with Crippen molar-refractivity contribution in [2.45, 2.75) is 52.5 Å². The van der Waals surface area contributed by atoms with Crippen molar-refractivity contribution in [2.24, 2.45) is 11.7 Å². The van der Waals surface area contributed by atoms with E-state index in [1.54, 1.807) is 6.92 Å². The van der Waals surface area contributed by atoms with Crippen molar-refractivity contribution in [2.75, 3.05) is 11.9 Å². The largest absolute Gasteiger partial charge is 0.494 e. The minimum Gasteiger partial charge on any atom is -0.494 e. The van der Waals surface area contributed by atoms with E-state index in [4.69, 9.17) is 10.5 Å². The van der Waals surface area contributed by atoms with Gasteiger partial charge in [0.25, 0.3) is 0 Å². The molecule has 0 aromatic heterocycles. The molecule has 1 amide bonds.